The number of esters is 1. The minimum absolute atomic E-state index is 0.0905. The van der Waals surface area contributed by atoms with Gasteiger partial charge in [0.05, 0.1) is 23.4 Å². The topological polar surface area (TPSA) is 156 Å². The number of nitrogens with one attached hydrogen (secondary N) is 3. The number of carbonyl (C=O) groups excluding carboxylic acids is 1. The Morgan fingerprint density at radius 2 is 2.05 bits per heavy atom. The lowest BCUT2D eigenvalue weighted by molar-refractivity contribution is -0.139. The van der Waals surface area contributed by atoms with Gasteiger partial charge in [-0.15, -0.1) is 11.6 Å². The van der Waals surface area contributed by atoms with Gasteiger partial charge in [0.2, 0.25) is 10.0 Å². The Balaban J connectivity index is 1.95. The summed E-state index contributed by atoms with van der Waals surface area (Å²) in [5.74, 6) is -1.50. The van der Waals surface area contributed by atoms with E-state index in [0.29, 0.717) is 48.5 Å². The molecule has 40 heavy (non-hydrogen) atoms. The number of anilines is 1. The second kappa shape index (κ2) is 13.8. The van der Waals surface area contributed by atoms with Gasteiger partial charge in [0.1, 0.15) is 0 Å². The molecule has 5 N–H and O–H groups in total. The van der Waals surface area contributed by atoms with Crippen molar-refractivity contribution in [2.24, 2.45) is 10.9 Å². The number of alkyl halides is 1. The molecule has 0 bridgehead atoms. The van der Waals surface area contributed by atoms with Crippen LogP contribution in [0.15, 0.2) is 53.7 Å². The molecule has 0 radical (unpaired) electrons. The molecule has 1 aliphatic heterocycles. The fraction of sp³-hybridized carbons (Fsp3) is 0.393. The molecular weight excluding hydrogens is 554 g/mol. The molecule has 0 spiro atoms. The van der Waals surface area contributed by atoms with Crippen LogP contribution in [0, 0.1) is 5.41 Å². The van der Waals surface area contributed by atoms with Crippen molar-refractivity contribution in [1.29, 1.82) is 5.41 Å². The van der Waals surface area contributed by atoms with E-state index in [0.717, 1.165) is 11.1 Å². The van der Waals surface area contributed by atoms with E-state index < -0.39 is 32.7 Å². The second-order valence-corrected chi connectivity index (χ2v) is 11.5. The van der Waals surface area contributed by atoms with Gasteiger partial charge in [0.25, 0.3) is 0 Å². The third-order valence-electron chi connectivity index (χ3n) is 6.46. The Labute approximate surface area is 240 Å². The third-order valence-corrected chi connectivity index (χ3v) is 8.11. The summed E-state index contributed by atoms with van der Waals surface area (Å²) < 4.78 is 32.6. The van der Waals surface area contributed by atoms with Crippen molar-refractivity contribution in [2.75, 3.05) is 30.2 Å². The fourth-order valence-electron chi connectivity index (χ4n) is 4.46. The number of allylic oxidation sites excluding steroid dienone is 1. The molecule has 3 rings (SSSR count). The maximum absolute atomic E-state index is 12.6. The molecule has 1 fully saturated rings. The molecule has 2 atom stereocenters. The maximum atomic E-state index is 12.6. The summed E-state index contributed by atoms with van der Waals surface area (Å²) >= 11 is 6.58. The normalized spacial score (nSPS) is 19.8. The zero-order valence-electron chi connectivity index (χ0n) is 22.9. The number of piperidine rings is 1. The summed E-state index contributed by atoms with van der Waals surface area (Å²) in [4.78, 5) is 17.7. The van der Waals surface area contributed by atoms with Gasteiger partial charge in [0, 0.05) is 24.1 Å². The zero-order chi connectivity index (χ0) is 29.3. The lowest BCUT2D eigenvalue weighted by Crippen LogP contribution is -2.57. The highest BCUT2D eigenvalue weighted by Crippen LogP contribution is 2.33. The molecule has 1 aliphatic rings. The molecule has 2 unspecified atom stereocenters. The zero-order valence-corrected chi connectivity index (χ0v) is 24.4. The summed E-state index contributed by atoms with van der Waals surface area (Å²) in [6.45, 7) is 6.53. The van der Waals surface area contributed by atoms with Crippen LogP contribution in [0.3, 0.4) is 0 Å². The van der Waals surface area contributed by atoms with E-state index in [4.69, 9.17) is 32.3 Å². The molecule has 0 amide bonds. The van der Waals surface area contributed by atoms with Gasteiger partial charge in [-0.1, -0.05) is 54.6 Å². The predicted octanol–water partition coefficient (Wildman–Crippen LogP) is 4.10. The predicted molar refractivity (Wildman–Crippen MR) is 160 cm³/mol. The van der Waals surface area contributed by atoms with Crippen molar-refractivity contribution in [3.8, 4) is 11.1 Å². The quantitative estimate of drug-likeness (QED) is 0.0954. The van der Waals surface area contributed by atoms with Gasteiger partial charge in [-0.2, -0.15) is 0 Å². The van der Waals surface area contributed by atoms with Gasteiger partial charge in [-0.25, -0.2) is 8.42 Å². The Kier molecular flexibility index (Phi) is 10.7. The second-order valence-electron chi connectivity index (χ2n) is 9.22. The summed E-state index contributed by atoms with van der Waals surface area (Å²) in [6, 6.07) is 12.5. The highest BCUT2D eigenvalue weighted by Gasteiger charge is 2.46. The highest BCUT2D eigenvalue weighted by molar-refractivity contribution is 7.93. The van der Waals surface area contributed by atoms with E-state index in [-0.39, 0.29) is 12.4 Å². The molecule has 12 heteroatoms. The van der Waals surface area contributed by atoms with Gasteiger partial charge < -0.3 is 26.0 Å². The minimum atomic E-state index is -4.00. The van der Waals surface area contributed by atoms with E-state index in [2.05, 4.69) is 15.2 Å². The molecule has 0 aromatic heterocycles. The van der Waals surface area contributed by atoms with Crippen LogP contribution in [0.2, 0.25) is 0 Å². The fourth-order valence-corrected chi connectivity index (χ4v) is 5.83. The van der Waals surface area contributed by atoms with Crippen LogP contribution in [-0.2, 0) is 24.4 Å². The summed E-state index contributed by atoms with van der Waals surface area (Å²) in [5, 5.41) is 15.4. The van der Waals surface area contributed by atoms with E-state index in [1.807, 2.05) is 38.1 Å². The lowest BCUT2D eigenvalue weighted by atomic mass is 9.85. The Morgan fingerprint density at radius 1 is 1.30 bits per heavy atom. The molecule has 2 aromatic carbocycles. The van der Waals surface area contributed by atoms with Gasteiger partial charge in [-0.05, 0) is 50.1 Å². The number of hydrogen-bond acceptors (Lipinski definition) is 8. The van der Waals surface area contributed by atoms with Gasteiger partial charge >= 0.3 is 5.97 Å². The Morgan fingerprint density at radius 3 is 2.73 bits per heavy atom. The largest absolute Gasteiger partial charge is 0.465 e. The first-order chi connectivity index (χ1) is 19.1. The van der Waals surface area contributed by atoms with Crippen LogP contribution in [0.5, 0.6) is 0 Å². The number of rotatable bonds is 12. The monoisotopic (exact) mass is 589 g/mol. The molecule has 1 saturated heterocycles. The van der Waals surface area contributed by atoms with Crippen LogP contribution < -0.4 is 15.8 Å². The Bertz CT molecular complexity index is 1400. The molecule has 10 nitrogen and oxygen atoms in total. The molecule has 1 heterocycles. The molecule has 2 aromatic rings. The van der Waals surface area contributed by atoms with Crippen LogP contribution in [-0.4, -0.2) is 62.4 Å². The summed E-state index contributed by atoms with van der Waals surface area (Å²) in [7, 11) is -4.00. The van der Waals surface area contributed by atoms with Crippen molar-refractivity contribution < 1.29 is 22.8 Å². The first kappa shape index (κ1) is 31.1. The van der Waals surface area contributed by atoms with E-state index in [9.17, 15) is 13.2 Å². The smallest absolute Gasteiger partial charge is 0.323 e. The van der Waals surface area contributed by atoms with Crippen molar-refractivity contribution >= 4 is 50.9 Å². The lowest BCUT2D eigenvalue weighted by Gasteiger charge is -2.39. The number of benzene rings is 2. The molecule has 0 aliphatic carbocycles. The number of oxime groups is 1. The number of sulfonamides is 1. The number of nitrogens with zero attached hydrogens (tertiary/aromatic N) is 1. The van der Waals surface area contributed by atoms with Crippen molar-refractivity contribution in [1.82, 2.24) is 5.32 Å². The summed E-state index contributed by atoms with van der Waals surface area (Å²) in [5.41, 5.74) is 8.63. The molecular formula is C28H36ClN5O5S. The van der Waals surface area contributed by atoms with Crippen LogP contribution in [0.1, 0.15) is 44.7 Å². The maximum Gasteiger partial charge on any atom is 0.323 e. The van der Waals surface area contributed by atoms with Crippen molar-refractivity contribution in [3.05, 3.63) is 59.7 Å². The SMILES string of the molecule is C/C=C/c1c(NS(=O)(=O)CC(=O)OCC)cccc1-c1cccc(C(N)=NOC2(C(=N)CC)CCNCC2Cl)c1. The van der Waals surface area contributed by atoms with Crippen LogP contribution in [0.4, 0.5) is 5.69 Å². The van der Waals surface area contributed by atoms with E-state index >= 15 is 0 Å². The van der Waals surface area contributed by atoms with Crippen LogP contribution in [0.25, 0.3) is 17.2 Å². The van der Waals surface area contributed by atoms with E-state index in [1.54, 1.807) is 37.3 Å². The van der Waals surface area contributed by atoms with Gasteiger partial charge in [-0.3, -0.25) is 9.52 Å². The average molecular weight is 590 g/mol. The molecule has 0 saturated carbocycles. The third kappa shape index (κ3) is 7.41. The minimum Gasteiger partial charge on any atom is -0.465 e. The molecule has 216 valence electrons. The van der Waals surface area contributed by atoms with Crippen molar-refractivity contribution in [2.45, 2.75) is 44.6 Å². The number of halogens is 1. The Hall–Kier alpha value is -3.41. The first-order valence-electron chi connectivity index (χ1n) is 13.0. The number of nitrogens with two attached hydrogens (primary N) is 1. The average Bonchev–Trinajstić information content (AvgIpc) is 2.92. The number of carbonyl (C=O) groups is 1. The van der Waals surface area contributed by atoms with Crippen LogP contribution >= 0.6 is 11.6 Å². The highest BCUT2D eigenvalue weighted by atomic mass is 35.5. The number of amidine groups is 1. The van der Waals surface area contributed by atoms with E-state index in [1.165, 1.54) is 0 Å². The summed E-state index contributed by atoms with van der Waals surface area (Å²) in [6.07, 6.45) is 4.54. The van der Waals surface area contributed by atoms with Crippen molar-refractivity contribution in [3.63, 3.8) is 0 Å². The number of hydrogen-bond donors (Lipinski definition) is 4. The standard InChI is InChI=1S/C28H36ClN5O5S/c1-4-9-22-21(12-8-13-23(22)34-40(36,37)18-26(35)38-6-3)19-10-7-11-20(16-19)27(31)33-39-28(25(30)5-2)14-15-32-17-24(28)29/h4,7-13,16,24,30,32,34H,5-6,14-15,17-18H2,1-3H3,(H2,31,33)/b9-4+,30-25?. The first-order valence-corrected chi connectivity index (χ1v) is 15.1. The number of ether oxygens (including phenoxy) is 1. The van der Waals surface area contributed by atoms with Gasteiger partial charge in [0.15, 0.2) is 17.2 Å².